The Morgan fingerprint density at radius 3 is 2.33 bits per heavy atom. The molecule has 21 heavy (non-hydrogen) atoms. The molecule has 0 bridgehead atoms. The van der Waals surface area contributed by atoms with E-state index in [2.05, 4.69) is 5.32 Å². The van der Waals surface area contributed by atoms with Gasteiger partial charge in [-0.15, -0.1) is 0 Å². The van der Waals surface area contributed by atoms with Crippen LogP contribution in [0.15, 0.2) is 29.2 Å². The molecule has 0 unspecified atom stereocenters. The van der Waals surface area contributed by atoms with E-state index < -0.39 is 10.0 Å². The van der Waals surface area contributed by atoms with Gasteiger partial charge in [-0.05, 0) is 43.0 Å². The summed E-state index contributed by atoms with van der Waals surface area (Å²) in [5.74, 6) is 0.289. The summed E-state index contributed by atoms with van der Waals surface area (Å²) in [6.45, 7) is 2.20. The minimum atomic E-state index is -3.48. The van der Waals surface area contributed by atoms with E-state index in [-0.39, 0.29) is 16.3 Å². The molecule has 1 heterocycles. The van der Waals surface area contributed by atoms with Crippen molar-refractivity contribution in [3.05, 3.63) is 24.3 Å². The molecule has 3 rings (SSSR count). The Hall–Kier alpha value is -1.44. The highest BCUT2D eigenvalue weighted by Crippen LogP contribution is 2.44. The monoisotopic (exact) mass is 309 g/mol. The van der Waals surface area contributed by atoms with Crippen LogP contribution < -0.4 is 11.1 Å². The zero-order valence-corrected chi connectivity index (χ0v) is 12.7. The molecule has 6 nitrogen and oxygen atoms in total. The summed E-state index contributed by atoms with van der Waals surface area (Å²) >= 11 is 0. The molecule has 1 aliphatic heterocycles. The fourth-order valence-electron chi connectivity index (χ4n) is 2.76. The van der Waals surface area contributed by atoms with Crippen LogP contribution in [-0.2, 0) is 14.8 Å². The molecule has 7 heteroatoms. The molecular formula is C14H19N3O3S. The van der Waals surface area contributed by atoms with E-state index in [1.807, 2.05) is 0 Å². The summed E-state index contributed by atoms with van der Waals surface area (Å²) in [6, 6.07) is 6.19. The number of anilines is 1. The number of hydrogen-bond acceptors (Lipinski definition) is 4. The molecule has 1 aliphatic carbocycles. The standard InChI is InChI=1S/C14H19N3O3S/c1-10(18)16-12-4-6-13(7-5-12)21(19,20)17-8-14(15,9-17)11-2-3-11/h4-7,11H,2-3,8-9,15H2,1H3,(H,16,18). The highest BCUT2D eigenvalue weighted by Gasteiger charge is 2.53. The minimum Gasteiger partial charge on any atom is -0.326 e. The van der Waals surface area contributed by atoms with Gasteiger partial charge in [0.05, 0.1) is 4.90 Å². The summed E-state index contributed by atoms with van der Waals surface area (Å²) in [7, 11) is -3.48. The van der Waals surface area contributed by atoms with Gasteiger partial charge in [0.15, 0.2) is 0 Å². The van der Waals surface area contributed by atoms with Crippen LogP contribution in [0.4, 0.5) is 5.69 Å². The van der Waals surface area contributed by atoms with Crippen molar-refractivity contribution in [3.8, 4) is 0 Å². The zero-order chi connectivity index (χ0) is 15.3. The maximum Gasteiger partial charge on any atom is 0.243 e. The molecule has 1 saturated carbocycles. The van der Waals surface area contributed by atoms with Crippen molar-refractivity contribution >= 4 is 21.6 Å². The first-order chi connectivity index (χ1) is 9.81. The number of carbonyl (C=O) groups excluding carboxylic acids is 1. The van der Waals surface area contributed by atoms with Crippen molar-refractivity contribution in [2.75, 3.05) is 18.4 Å². The first-order valence-electron chi connectivity index (χ1n) is 6.98. The Kier molecular flexibility index (Phi) is 3.31. The topological polar surface area (TPSA) is 92.5 Å². The lowest BCUT2D eigenvalue weighted by molar-refractivity contribution is -0.114. The highest BCUT2D eigenvalue weighted by molar-refractivity contribution is 7.89. The van der Waals surface area contributed by atoms with E-state index >= 15 is 0 Å². The van der Waals surface area contributed by atoms with E-state index in [1.54, 1.807) is 12.1 Å². The number of benzene rings is 1. The zero-order valence-electron chi connectivity index (χ0n) is 11.9. The molecule has 2 aliphatic rings. The number of nitrogens with zero attached hydrogens (tertiary/aromatic N) is 1. The van der Waals surface area contributed by atoms with Gasteiger partial charge in [-0.25, -0.2) is 8.42 Å². The van der Waals surface area contributed by atoms with Gasteiger partial charge in [-0.3, -0.25) is 4.79 Å². The summed E-state index contributed by atoms with van der Waals surface area (Å²) in [5.41, 5.74) is 6.45. The first-order valence-corrected chi connectivity index (χ1v) is 8.42. The average Bonchev–Trinajstić information content (AvgIpc) is 3.19. The van der Waals surface area contributed by atoms with Gasteiger partial charge >= 0.3 is 0 Å². The van der Waals surface area contributed by atoms with Crippen molar-refractivity contribution in [3.63, 3.8) is 0 Å². The normalized spacial score (nSPS) is 21.6. The number of hydrogen-bond donors (Lipinski definition) is 2. The van der Waals surface area contributed by atoms with E-state index in [0.717, 1.165) is 12.8 Å². The maximum absolute atomic E-state index is 12.5. The lowest BCUT2D eigenvalue weighted by Crippen LogP contribution is -2.69. The van der Waals surface area contributed by atoms with Gasteiger partial charge in [0, 0.05) is 31.2 Å². The third kappa shape index (κ3) is 2.68. The van der Waals surface area contributed by atoms with Crippen molar-refractivity contribution in [2.24, 2.45) is 11.7 Å². The second-order valence-electron chi connectivity index (χ2n) is 5.99. The molecular weight excluding hydrogens is 290 g/mol. The van der Waals surface area contributed by atoms with Crippen molar-refractivity contribution < 1.29 is 13.2 Å². The van der Waals surface area contributed by atoms with E-state index in [4.69, 9.17) is 5.73 Å². The molecule has 1 saturated heterocycles. The third-order valence-corrected chi connectivity index (χ3v) is 5.95. The molecule has 1 amide bonds. The fraction of sp³-hybridized carbons (Fsp3) is 0.500. The van der Waals surface area contributed by atoms with Gasteiger partial charge in [-0.1, -0.05) is 0 Å². The fourth-order valence-corrected chi connectivity index (χ4v) is 4.36. The van der Waals surface area contributed by atoms with Crippen LogP contribution in [-0.4, -0.2) is 37.3 Å². The van der Waals surface area contributed by atoms with Crippen LogP contribution in [0.5, 0.6) is 0 Å². The third-order valence-electron chi connectivity index (χ3n) is 4.14. The molecule has 1 aromatic carbocycles. The SMILES string of the molecule is CC(=O)Nc1ccc(S(=O)(=O)N2CC(N)(C3CC3)C2)cc1. The molecule has 0 atom stereocenters. The highest BCUT2D eigenvalue weighted by atomic mass is 32.2. The van der Waals surface area contributed by atoms with Crippen LogP contribution in [0.3, 0.4) is 0 Å². The Bertz CT molecular complexity index is 659. The number of rotatable bonds is 4. The van der Waals surface area contributed by atoms with E-state index in [9.17, 15) is 13.2 Å². The first kappa shape index (κ1) is 14.5. The Labute approximate surface area is 124 Å². The van der Waals surface area contributed by atoms with Gasteiger partial charge in [0.1, 0.15) is 0 Å². The van der Waals surface area contributed by atoms with Crippen molar-refractivity contribution in [2.45, 2.75) is 30.2 Å². The summed E-state index contributed by atoms with van der Waals surface area (Å²) in [6.07, 6.45) is 2.21. The second-order valence-corrected chi connectivity index (χ2v) is 7.92. The average molecular weight is 309 g/mol. The number of nitrogens with one attached hydrogen (secondary N) is 1. The van der Waals surface area contributed by atoms with Gasteiger partial charge in [0.25, 0.3) is 0 Å². The Morgan fingerprint density at radius 1 is 1.29 bits per heavy atom. The molecule has 3 N–H and O–H groups in total. The van der Waals surface area contributed by atoms with Gasteiger partial charge in [0.2, 0.25) is 15.9 Å². The molecule has 114 valence electrons. The molecule has 1 aromatic rings. The predicted octanol–water partition coefficient (Wildman–Crippen LogP) is 0.757. The largest absolute Gasteiger partial charge is 0.326 e. The summed E-state index contributed by atoms with van der Waals surface area (Å²) in [4.78, 5) is 11.2. The van der Waals surface area contributed by atoms with Crippen LogP contribution >= 0.6 is 0 Å². The number of amides is 1. The van der Waals surface area contributed by atoms with Gasteiger partial charge < -0.3 is 11.1 Å². The number of sulfonamides is 1. The maximum atomic E-state index is 12.5. The van der Waals surface area contributed by atoms with Crippen LogP contribution in [0.25, 0.3) is 0 Å². The van der Waals surface area contributed by atoms with Crippen molar-refractivity contribution in [1.29, 1.82) is 0 Å². The lowest BCUT2D eigenvalue weighted by Gasteiger charge is -2.47. The second kappa shape index (κ2) is 4.79. The Morgan fingerprint density at radius 2 is 1.86 bits per heavy atom. The van der Waals surface area contributed by atoms with Crippen LogP contribution in [0.2, 0.25) is 0 Å². The molecule has 2 fully saturated rings. The summed E-state index contributed by atoms with van der Waals surface area (Å²) < 4.78 is 26.4. The van der Waals surface area contributed by atoms with Crippen LogP contribution in [0, 0.1) is 5.92 Å². The number of nitrogens with two attached hydrogens (primary N) is 1. The van der Waals surface area contributed by atoms with E-state index in [1.165, 1.54) is 23.4 Å². The molecule has 0 spiro atoms. The molecule has 0 aromatic heterocycles. The minimum absolute atomic E-state index is 0.189. The Balaban J connectivity index is 1.72. The lowest BCUT2D eigenvalue weighted by atomic mass is 9.88. The van der Waals surface area contributed by atoms with Crippen molar-refractivity contribution in [1.82, 2.24) is 4.31 Å². The van der Waals surface area contributed by atoms with Crippen LogP contribution in [0.1, 0.15) is 19.8 Å². The quantitative estimate of drug-likeness (QED) is 0.858. The smallest absolute Gasteiger partial charge is 0.243 e. The van der Waals surface area contributed by atoms with Gasteiger partial charge in [-0.2, -0.15) is 4.31 Å². The predicted molar refractivity (Wildman–Crippen MR) is 79.1 cm³/mol. The van der Waals surface area contributed by atoms with E-state index in [0.29, 0.717) is 24.7 Å². The molecule has 0 radical (unpaired) electrons. The number of carbonyl (C=O) groups is 1. The summed E-state index contributed by atoms with van der Waals surface area (Å²) in [5, 5.41) is 2.61.